The van der Waals surface area contributed by atoms with Gasteiger partial charge in [0.15, 0.2) is 5.75 Å². The van der Waals surface area contributed by atoms with Gasteiger partial charge in [-0.15, -0.1) is 0 Å². The molecule has 0 aromatic carbocycles. The third-order valence-corrected chi connectivity index (χ3v) is 3.08. The van der Waals surface area contributed by atoms with Crippen molar-refractivity contribution in [2.75, 3.05) is 5.75 Å². The van der Waals surface area contributed by atoms with E-state index < -0.39 is 21.7 Å². The minimum Gasteiger partial charge on any atom is -0.480 e. The van der Waals surface area contributed by atoms with Gasteiger partial charge in [0.25, 0.3) is 0 Å². The topological polar surface area (TPSA) is 83.5 Å². The highest BCUT2D eigenvalue weighted by Crippen LogP contribution is 2.18. The standard InChI is InChI=1S/C6H11NO4S/c8-6(9)4-12(10,11)7-5-2-1-3-5/h5,7H,1-4H2,(H,8,9). The molecule has 1 fully saturated rings. The van der Waals surface area contributed by atoms with E-state index in [0.29, 0.717) is 0 Å². The molecule has 0 aliphatic heterocycles. The van der Waals surface area contributed by atoms with Gasteiger partial charge in [0.05, 0.1) is 0 Å². The van der Waals surface area contributed by atoms with Gasteiger partial charge in [0.2, 0.25) is 10.0 Å². The second-order valence-electron chi connectivity index (χ2n) is 2.90. The molecule has 1 aliphatic rings. The number of nitrogens with one attached hydrogen (secondary N) is 1. The molecular weight excluding hydrogens is 182 g/mol. The molecule has 0 amide bonds. The van der Waals surface area contributed by atoms with Crippen molar-refractivity contribution >= 4 is 16.0 Å². The monoisotopic (exact) mass is 193 g/mol. The highest BCUT2D eigenvalue weighted by atomic mass is 32.2. The predicted molar refractivity (Wildman–Crippen MR) is 42.2 cm³/mol. The van der Waals surface area contributed by atoms with Crippen molar-refractivity contribution in [3.63, 3.8) is 0 Å². The number of sulfonamides is 1. The summed E-state index contributed by atoms with van der Waals surface area (Å²) in [6, 6.07) is -0.0330. The summed E-state index contributed by atoms with van der Waals surface area (Å²) >= 11 is 0. The summed E-state index contributed by atoms with van der Waals surface area (Å²) in [5.74, 6) is -2.15. The van der Waals surface area contributed by atoms with Crippen LogP contribution in [0, 0.1) is 0 Å². The lowest BCUT2D eigenvalue weighted by Gasteiger charge is -2.25. The van der Waals surface area contributed by atoms with Crippen LogP contribution >= 0.6 is 0 Å². The lowest BCUT2D eigenvalue weighted by molar-refractivity contribution is -0.134. The highest BCUT2D eigenvalue weighted by molar-refractivity contribution is 7.90. The first-order valence-electron chi connectivity index (χ1n) is 3.71. The first-order chi connectivity index (χ1) is 5.49. The highest BCUT2D eigenvalue weighted by Gasteiger charge is 2.24. The fourth-order valence-corrected chi connectivity index (χ4v) is 2.14. The molecule has 0 spiro atoms. The van der Waals surface area contributed by atoms with Crippen LogP contribution in [0.3, 0.4) is 0 Å². The third kappa shape index (κ3) is 2.78. The number of carboxylic acid groups (broad SMARTS) is 1. The first kappa shape index (κ1) is 9.47. The van der Waals surface area contributed by atoms with Gasteiger partial charge in [-0.2, -0.15) is 0 Å². The molecule has 0 unspecified atom stereocenters. The molecule has 0 aromatic rings. The van der Waals surface area contributed by atoms with Gasteiger partial charge in [-0.3, -0.25) is 4.79 Å². The van der Waals surface area contributed by atoms with Crippen molar-refractivity contribution in [3.05, 3.63) is 0 Å². The molecule has 0 saturated heterocycles. The molecule has 5 nitrogen and oxygen atoms in total. The Bertz CT molecular complexity index is 267. The Labute approximate surface area is 70.8 Å². The average molecular weight is 193 g/mol. The molecular formula is C6H11NO4S. The second-order valence-corrected chi connectivity index (χ2v) is 4.65. The molecule has 1 rings (SSSR count). The number of hydrogen-bond donors (Lipinski definition) is 2. The third-order valence-electron chi connectivity index (χ3n) is 1.76. The Kier molecular flexibility index (Phi) is 2.69. The van der Waals surface area contributed by atoms with Crippen LogP contribution in [0.1, 0.15) is 19.3 Å². The molecule has 12 heavy (non-hydrogen) atoms. The summed E-state index contributed by atoms with van der Waals surface area (Å²) in [4.78, 5) is 10.1. The lowest BCUT2D eigenvalue weighted by Crippen LogP contribution is -2.41. The summed E-state index contributed by atoms with van der Waals surface area (Å²) in [7, 11) is -3.59. The van der Waals surface area contributed by atoms with Crippen molar-refractivity contribution in [1.82, 2.24) is 4.72 Å². The fraction of sp³-hybridized carbons (Fsp3) is 0.833. The zero-order valence-corrected chi connectivity index (χ0v) is 7.30. The van der Waals surface area contributed by atoms with E-state index in [1.54, 1.807) is 0 Å². The van der Waals surface area contributed by atoms with Crippen molar-refractivity contribution in [2.24, 2.45) is 0 Å². The number of aliphatic carboxylic acids is 1. The minimum atomic E-state index is -3.59. The Morgan fingerprint density at radius 3 is 2.42 bits per heavy atom. The van der Waals surface area contributed by atoms with Crippen molar-refractivity contribution in [3.8, 4) is 0 Å². The molecule has 0 aromatic heterocycles. The van der Waals surface area contributed by atoms with Crippen LogP contribution in [0.2, 0.25) is 0 Å². The number of carbonyl (C=O) groups is 1. The molecule has 0 radical (unpaired) electrons. The van der Waals surface area contributed by atoms with Crippen LogP contribution in [0.15, 0.2) is 0 Å². The van der Waals surface area contributed by atoms with Crippen molar-refractivity contribution < 1.29 is 18.3 Å². The molecule has 70 valence electrons. The Balaban J connectivity index is 2.42. The molecule has 0 atom stereocenters. The van der Waals surface area contributed by atoms with Gasteiger partial charge in [-0.25, -0.2) is 13.1 Å². The SMILES string of the molecule is O=C(O)CS(=O)(=O)NC1CCC1. The van der Waals surface area contributed by atoms with E-state index in [0.717, 1.165) is 19.3 Å². The fourth-order valence-electron chi connectivity index (χ4n) is 0.984. The first-order valence-corrected chi connectivity index (χ1v) is 5.36. The van der Waals surface area contributed by atoms with Gasteiger partial charge in [-0.1, -0.05) is 6.42 Å². The summed E-state index contributed by atoms with van der Waals surface area (Å²) in [6.45, 7) is 0. The lowest BCUT2D eigenvalue weighted by atomic mass is 9.94. The van der Waals surface area contributed by atoms with E-state index in [4.69, 9.17) is 5.11 Å². The molecule has 0 heterocycles. The van der Waals surface area contributed by atoms with Crippen LogP contribution in [-0.4, -0.2) is 31.3 Å². The summed E-state index contributed by atoms with van der Waals surface area (Å²) in [6.07, 6.45) is 2.65. The molecule has 1 saturated carbocycles. The van der Waals surface area contributed by atoms with Crippen LogP contribution in [0.5, 0.6) is 0 Å². The van der Waals surface area contributed by atoms with Crippen molar-refractivity contribution in [2.45, 2.75) is 25.3 Å². The van der Waals surface area contributed by atoms with Gasteiger partial charge >= 0.3 is 5.97 Å². The molecule has 0 bridgehead atoms. The van der Waals surface area contributed by atoms with Gasteiger partial charge in [0.1, 0.15) is 0 Å². The maximum Gasteiger partial charge on any atom is 0.320 e. The second kappa shape index (κ2) is 3.40. The van der Waals surface area contributed by atoms with Crippen LogP contribution in [0.4, 0.5) is 0 Å². The minimum absolute atomic E-state index is 0.0330. The van der Waals surface area contributed by atoms with E-state index in [2.05, 4.69) is 4.72 Å². The van der Waals surface area contributed by atoms with Gasteiger partial charge in [0, 0.05) is 6.04 Å². The van der Waals surface area contributed by atoms with Crippen molar-refractivity contribution in [1.29, 1.82) is 0 Å². The zero-order chi connectivity index (χ0) is 9.19. The average Bonchev–Trinajstić information content (AvgIpc) is 1.76. The summed E-state index contributed by atoms with van der Waals surface area (Å²) in [5.41, 5.74) is 0. The Morgan fingerprint density at radius 2 is 2.08 bits per heavy atom. The molecule has 6 heteroatoms. The van der Waals surface area contributed by atoms with E-state index in [1.165, 1.54) is 0 Å². The van der Waals surface area contributed by atoms with Crippen LogP contribution < -0.4 is 4.72 Å². The van der Waals surface area contributed by atoms with E-state index in [9.17, 15) is 13.2 Å². The van der Waals surface area contributed by atoms with E-state index >= 15 is 0 Å². The predicted octanol–water partition coefficient (Wildman–Crippen LogP) is -0.457. The Morgan fingerprint density at radius 1 is 1.50 bits per heavy atom. The van der Waals surface area contributed by atoms with E-state index in [1.807, 2.05) is 0 Å². The number of carboxylic acids is 1. The largest absolute Gasteiger partial charge is 0.480 e. The maximum atomic E-state index is 11.0. The number of hydrogen-bond acceptors (Lipinski definition) is 3. The summed E-state index contributed by atoms with van der Waals surface area (Å²) < 4.78 is 24.2. The molecule has 2 N–H and O–H groups in total. The van der Waals surface area contributed by atoms with Crippen LogP contribution in [-0.2, 0) is 14.8 Å². The Hall–Kier alpha value is -0.620. The zero-order valence-electron chi connectivity index (χ0n) is 6.49. The normalized spacial score (nSPS) is 18.7. The van der Waals surface area contributed by atoms with Gasteiger partial charge in [-0.05, 0) is 12.8 Å². The van der Waals surface area contributed by atoms with E-state index in [-0.39, 0.29) is 6.04 Å². The quantitative estimate of drug-likeness (QED) is 0.633. The number of rotatable bonds is 4. The summed E-state index contributed by atoms with van der Waals surface area (Å²) in [5, 5.41) is 8.23. The van der Waals surface area contributed by atoms with Crippen LogP contribution in [0.25, 0.3) is 0 Å². The maximum absolute atomic E-state index is 11.0. The molecule has 1 aliphatic carbocycles. The van der Waals surface area contributed by atoms with Gasteiger partial charge < -0.3 is 5.11 Å². The smallest absolute Gasteiger partial charge is 0.320 e.